The van der Waals surface area contributed by atoms with Gasteiger partial charge in [0.05, 0.1) is 23.3 Å². The summed E-state index contributed by atoms with van der Waals surface area (Å²) in [5.74, 6) is -0.751. The number of aromatic carboxylic acids is 1. The van der Waals surface area contributed by atoms with Crippen LogP contribution in [0.1, 0.15) is 21.5 Å². The molecule has 0 unspecified atom stereocenters. The second-order valence-corrected chi connectivity index (χ2v) is 5.21. The van der Waals surface area contributed by atoms with E-state index in [1.165, 1.54) is 19.2 Å². The number of hydrogen-bond donors (Lipinski definition) is 1. The molecule has 0 radical (unpaired) electrons. The lowest BCUT2D eigenvalue weighted by Gasteiger charge is -2.12. The lowest BCUT2D eigenvalue weighted by Crippen LogP contribution is -2.05. The summed E-state index contributed by atoms with van der Waals surface area (Å²) in [6.07, 6.45) is -4.49. The number of ether oxygens (including phenoxy) is 2. The van der Waals surface area contributed by atoms with E-state index in [4.69, 9.17) is 26.2 Å². The lowest BCUT2D eigenvalue weighted by atomic mass is 10.1. The normalized spacial score (nSPS) is 11.2. The second-order valence-electron chi connectivity index (χ2n) is 4.81. The third-order valence-corrected chi connectivity index (χ3v) is 3.40. The first-order valence-electron chi connectivity index (χ1n) is 6.61. The van der Waals surface area contributed by atoms with Gasteiger partial charge in [0.2, 0.25) is 0 Å². The monoisotopic (exact) mass is 360 g/mol. The molecule has 0 aromatic heterocycles. The summed E-state index contributed by atoms with van der Waals surface area (Å²) in [5.41, 5.74) is -0.399. The van der Waals surface area contributed by atoms with Gasteiger partial charge in [0.1, 0.15) is 18.1 Å². The van der Waals surface area contributed by atoms with Crippen LogP contribution in [0.5, 0.6) is 11.5 Å². The lowest BCUT2D eigenvalue weighted by molar-refractivity contribution is -0.137. The highest BCUT2D eigenvalue weighted by Gasteiger charge is 2.31. The van der Waals surface area contributed by atoms with Gasteiger partial charge >= 0.3 is 12.1 Å². The summed E-state index contributed by atoms with van der Waals surface area (Å²) in [5, 5.41) is 8.85. The molecule has 0 aliphatic carbocycles. The molecule has 0 atom stereocenters. The van der Waals surface area contributed by atoms with Crippen LogP contribution in [0.4, 0.5) is 13.2 Å². The van der Waals surface area contributed by atoms with E-state index in [9.17, 15) is 18.0 Å². The summed E-state index contributed by atoms with van der Waals surface area (Å²) in [6.45, 7) is -0.0808. The number of carboxylic acids is 1. The summed E-state index contributed by atoms with van der Waals surface area (Å²) in [7, 11) is 1.39. The van der Waals surface area contributed by atoms with Gasteiger partial charge in [0.25, 0.3) is 0 Å². The van der Waals surface area contributed by atoms with Gasteiger partial charge in [-0.2, -0.15) is 13.2 Å². The van der Waals surface area contributed by atoms with E-state index in [1.54, 1.807) is 6.07 Å². The fraction of sp³-hybridized carbons (Fsp3) is 0.188. The zero-order valence-electron chi connectivity index (χ0n) is 12.4. The summed E-state index contributed by atoms with van der Waals surface area (Å²) >= 11 is 5.80. The SMILES string of the molecule is COc1cc(COc2ccc(C(F)(F)F)cc2Cl)cc(C(=O)O)c1. The van der Waals surface area contributed by atoms with Gasteiger partial charge in [0, 0.05) is 0 Å². The predicted octanol–water partition coefficient (Wildman–Crippen LogP) is 4.64. The number of hydrogen-bond acceptors (Lipinski definition) is 3. The van der Waals surface area contributed by atoms with Crippen LogP contribution in [0.25, 0.3) is 0 Å². The van der Waals surface area contributed by atoms with Crippen molar-refractivity contribution in [3.05, 3.63) is 58.1 Å². The molecule has 4 nitrogen and oxygen atoms in total. The van der Waals surface area contributed by atoms with E-state index in [0.717, 1.165) is 18.2 Å². The number of alkyl halides is 3. The van der Waals surface area contributed by atoms with Gasteiger partial charge in [-0.3, -0.25) is 0 Å². The van der Waals surface area contributed by atoms with Crippen molar-refractivity contribution in [2.24, 2.45) is 0 Å². The molecule has 128 valence electrons. The molecule has 2 aromatic rings. The predicted molar refractivity (Wildman–Crippen MR) is 80.7 cm³/mol. The number of carbonyl (C=O) groups is 1. The molecule has 0 saturated heterocycles. The number of benzene rings is 2. The van der Waals surface area contributed by atoms with E-state index < -0.39 is 17.7 Å². The highest BCUT2D eigenvalue weighted by atomic mass is 35.5. The molecule has 0 aliphatic rings. The van der Waals surface area contributed by atoms with Crippen molar-refractivity contribution in [3.8, 4) is 11.5 Å². The van der Waals surface area contributed by atoms with Crippen molar-refractivity contribution in [3.63, 3.8) is 0 Å². The fourth-order valence-corrected chi connectivity index (χ4v) is 2.18. The molecule has 8 heteroatoms. The first kappa shape index (κ1) is 17.9. The largest absolute Gasteiger partial charge is 0.497 e. The molecule has 0 bridgehead atoms. The minimum absolute atomic E-state index is 0.00599. The van der Waals surface area contributed by atoms with Crippen LogP contribution in [-0.2, 0) is 12.8 Å². The van der Waals surface area contributed by atoms with E-state index in [-0.39, 0.29) is 22.9 Å². The molecular formula is C16H12ClF3O4. The van der Waals surface area contributed by atoms with Crippen molar-refractivity contribution in [1.29, 1.82) is 0 Å². The van der Waals surface area contributed by atoms with Gasteiger partial charge in [-0.25, -0.2) is 4.79 Å². The maximum absolute atomic E-state index is 12.6. The van der Waals surface area contributed by atoms with Gasteiger partial charge in [-0.1, -0.05) is 11.6 Å². The smallest absolute Gasteiger partial charge is 0.416 e. The van der Waals surface area contributed by atoms with Crippen LogP contribution < -0.4 is 9.47 Å². The fourth-order valence-electron chi connectivity index (χ4n) is 1.94. The van der Waals surface area contributed by atoms with Crippen molar-refractivity contribution in [1.82, 2.24) is 0 Å². The number of halogens is 4. The minimum atomic E-state index is -4.49. The number of carboxylic acid groups (broad SMARTS) is 1. The molecule has 0 heterocycles. The molecule has 0 amide bonds. The number of methoxy groups -OCH3 is 1. The minimum Gasteiger partial charge on any atom is -0.497 e. The summed E-state index contributed by atoms with van der Waals surface area (Å²) in [4.78, 5) is 11.1. The van der Waals surface area contributed by atoms with E-state index in [1.807, 2.05) is 0 Å². The first-order valence-corrected chi connectivity index (χ1v) is 6.99. The van der Waals surface area contributed by atoms with Gasteiger partial charge in [-0.15, -0.1) is 0 Å². The van der Waals surface area contributed by atoms with E-state index >= 15 is 0 Å². The highest BCUT2D eigenvalue weighted by Crippen LogP contribution is 2.35. The van der Waals surface area contributed by atoms with Gasteiger partial charge in [0.15, 0.2) is 0 Å². The molecule has 2 rings (SSSR count). The Kier molecular flexibility index (Phi) is 5.23. The molecule has 0 saturated carbocycles. The standard InChI is InChI=1S/C16H12ClF3O4/c1-23-12-5-9(4-10(6-12)15(21)22)8-24-14-3-2-11(7-13(14)17)16(18,19)20/h2-7H,8H2,1H3,(H,21,22). The molecule has 2 aromatic carbocycles. The topological polar surface area (TPSA) is 55.8 Å². The quantitative estimate of drug-likeness (QED) is 0.843. The summed E-state index contributed by atoms with van der Waals surface area (Å²) < 4.78 is 48.1. The third kappa shape index (κ3) is 4.32. The van der Waals surface area contributed by atoms with Crippen molar-refractivity contribution < 1.29 is 32.5 Å². The van der Waals surface area contributed by atoms with Crippen LogP contribution in [0.2, 0.25) is 5.02 Å². The van der Waals surface area contributed by atoms with Gasteiger partial charge in [-0.05, 0) is 42.0 Å². The van der Waals surface area contributed by atoms with Crippen LogP contribution in [0.3, 0.4) is 0 Å². The molecule has 0 aliphatic heterocycles. The summed E-state index contributed by atoms with van der Waals surface area (Å²) in [6, 6.07) is 7.02. The van der Waals surface area contributed by atoms with Crippen LogP contribution in [0.15, 0.2) is 36.4 Å². The van der Waals surface area contributed by atoms with Crippen molar-refractivity contribution in [2.75, 3.05) is 7.11 Å². The Morgan fingerprint density at radius 1 is 1.21 bits per heavy atom. The maximum atomic E-state index is 12.6. The van der Waals surface area contributed by atoms with Gasteiger partial charge < -0.3 is 14.6 Å². The maximum Gasteiger partial charge on any atom is 0.416 e. The van der Waals surface area contributed by atoms with E-state index in [2.05, 4.69) is 0 Å². The zero-order chi connectivity index (χ0) is 17.9. The van der Waals surface area contributed by atoms with Crippen molar-refractivity contribution in [2.45, 2.75) is 12.8 Å². The average molecular weight is 361 g/mol. The second kappa shape index (κ2) is 7.00. The Morgan fingerprint density at radius 3 is 2.46 bits per heavy atom. The number of rotatable bonds is 5. The van der Waals surface area contributed by atoms with Crippen molar-refractivity contribution >= 4 is 17.6 Å². The first-order chi connectivity index (χ1) is 11.2. The zero-order valence-corrected chi connectivity index (χ0v) is 13.1. The molecule has 24 heavy (non-hydrogen) atoms. The van der Waals surface area contributed by atoms with Crippen LogP contribution in [-0.4, -0.2) is 18.2 Å². The highest BCUT2D eigenvalue weighted by molar-refractivity contribution is 6.32. The Balaban J connectivity index is 2.19. The molecule has 0 fully saturated rings. The Morgan fingerprint density at radius 2 is 1.92 bits per heavy atom. The van der Waals surface area contributed by atoms with Crippen LogP contribution in [0, 0.1) is 0 Å². The average Bonchev–Trinajstić information content (AvgIpc) is 2.52. The molecular weight excluding hydrogens is 349 g/mol. The molecule has 0 spiro atoms. The van der Waals surface area contributed by atoms with E-state index in [0.29, 0.717) is 11.3 Å². The van der Waals surface area contributed by atoms with Crippen LogP contribution >= 0.6 is 11.6 Å². The Bertz CT molecular complexity index is 759. The Labute approximate surface area is 140 Å². The molecule has 1 N–H and O–H groups in total. The third-order valence-electron chi connectivity index (χ3n) is 3.10. The Hall–Kier alpha value is -2.41.